The minimum absolute atomic E-state index is 0.246. The second-order valence-electron chi connectivity index (χ2n) is 10.6. The number of hydrogen-bond donors (Lipinski definition) is 2. The van der Waals surface area contributed by atoms with Gasteiger partial charge in [0.1, 0.15) is 17.3 Å². The number of anilines is 1. The standard InChI is InChI=1S/C28H37N3O5/c1-6-35-26(33)23-17(2)21-16-19(12-13-22(21)30-23)29-25(32)24-20(18-10-8-7-9-11-18)14-15-31(24)27(34)36-28(3,4)5/h12-13,16,24,30H,6-11,14-15H2,1-5H3,(H,29,32)/t24-/m0/s1. The zero-order valence-electron chi connectivity index (χ0n) is 22.0. The van der Waals surface area contributed by atoms with Crippen LogP contribution in [0, 0.1) is 6.92 Å². The van der Waals surface area contributed by atoms with Crippen LogP contribution in [0.1, 0.15) is 82.3 Å². The Morgan fingerprint density at radius 3 is 2.50 bits per heavy atom. The highest BCUT2D eigenvalue weighted by Crippen LogP contribution is 2.35. The van der Waals surface area contributed by atoms with Crippen molar-refractivity contribution in [1.82, 2.24) is 9.88 Å². The number of aromatic nitrogens is 1. The van der Waals surface area contributed by atoms with Crippen LogP contribution in [0.3, 0.4) is 0 Å². The van der Waals surface area contributed by atoms with Crippen molar-refractivity contribution < 1.29 is 23.9 Å². The van der Waals surface area contributed by atoms with Crippen molar-refractivity contribution in [2.24, 2.45) is 0 Å². The molecule has 1 atom stereocenters. The number of nitrogens with one attached hydrogen (secondary N) is 2. The van der Waals surface area contributed by atoms with Crippen molar-refractivity contribution in [3.05, 3.63) is 40.6 Å². The van der Waals surface area contributed by atoms with Crippen molar-refractivity contribution in [3.63, 3.8) is 0 Å². The molecule has 1 saturated heterocycles. The first-order valence-electron chi connectivity index (χ1n) is 12.9. The number of aryl methyl sites for hydroxylation is 1. The zero-order valence-corrected chi connectivity index (χ0v) is 22.0. The molecule has 0 radical (unpaired) electrons. The van der Waals surface area contributed by atoms with E-state index >= 15 is 0 Å². The average molecular weight is 496 g/mol. The van der Waals surface area contributed by atoms with E-state index in [1.54, 1.807) is 17.9 Å². The molecule has 8 nitrogen and oxygen atoms in total. The van der Waals surface area contributed by atoms with Crippen LogP contribution in [0.4, 0.5) is 10.5 Å². The first-order valence-corrected chi connectivity index (χ1v) is 12.9. The molecule has 36 heavy (non-hydrogen) atoms. The molecule has 2 heterocycles. The number of esters is 1. The predicted molar refractivity (Wildman–Crippen MR) is 139 cm³/mol. The second-order valence-corrected chi connectivity index (χ2v) is 10.6. The van der Waals surface area contributed by atoms with E-state index in [0.29, 0.717) is 31.0 Å². The van der Waals surface area contributed by atoms with E-state index in [-0.39, 0.29) is 5.91 Å². The molecule has 2 amide bonds. The molecule has 2 fully saturated rings. The number of aromatic amines is 1. The number of ether oxygens (including phenoxy) is 2. The van der Waals surface area contributed by atoms with Crippen LogP contribution in [0.2, 0.25) is 0 Å². The molecular formula is C28H37N3O5. The quantitative estimate of drug-likeness (QED) is 0.409. The van der Waals surface area contributed by atoms with Gasteiger partial charge in [-0.15, -0.1) is 0 Å². The minimum atomic E-state index is -0.689. The maximum atomic E-state index is 13.7. The van der Waals surface area contributed by atoms with Crippen LogP contribution in [0.25, 0.3) is 10.9 Å². The second kappa shape index (κ2) is 10.4. The molecule has 0 unspecified atom stereocenters. The van der Waals surface area contributed by atoms with Crippen LogP contribution < -0.4 is 5.32 Å². The van der Waals surface area contributed by atoms with Crippen molar-refractivity contribution >= 4 is 34.6 Å². The molecule has 0 bridgehead atoms. The number of fused-ring (bicyclic) bond motifs is 1. The monoisotopic (exact) mass is 495 g/mol. The molecule has 1 aromatic carbocycles. The molecular weight excluding hydrogens is 458 g/mol. The van der Waals surface area contributed by atoms with Crippen molar-refractivity contribution in [2.75, 3.05) is 18.5 Å². The average Bonchev–Trinajstić information content (AvgIpc) is 3.41. The van der Waals surface area contributed by atoms with Gasteiger partial charge in [-0.25, -0.2) is 9.59 Å². The molecule has 2 aromatic rings. The summed E-state index contributed by atoms with van der Waals surface area (Å²) in [6.45, 7) is 9.86. The van der Waals surface area contributed by atoms with Crippen molar-refractivity contribution in [2.45, 2.75) is 84.8 Å². The van der Waals surface area contributed by atoms with Gasteiger partial charge in [0.2, 0.25) is 0 Å². The molecule has 2 aliphatic rings. The van der Waals surface area contributed by atoms with Crippen LogP contribution in [-0.4, -0.2) is 52.6 Å². The third-order valence-electron chi connectivity index (χ3n) is 6.86. The lowest BCUT2D eigenvalue weighted by atomic mass is 9.88. The van der Waals surface area contributed by atoms with Gasteiger partial charge >= 0.3 is 12.1 Å². The van der Waals surface area contributed by atoms with Gasteiger partial charge in [-0.2, -0.15) is 0 Å². The maximum Gasteiger partial charge on any atom is 0.411 e. The third kappa shape index (κ3) is 5.42. The van der Waals surface area contributed by atoms with Gasteiger partial charge in [-0.05, 0) is 96.1 Å². The largest absolute Gasteiger partial charge is 0.461 e. The number of amides is 2. The van der Waals surface area contributed by atoms with E-state index in [1.165, 1.54) is 12.0 Å². The molecule has 1 aromatic heterocycles. The smallest absolute Gasteiger partial charge is 0.411 e. The molecule has 1 saturated carbocycles. The first kappa shape index (κ1) is 25.8. The third-order valence-corrected chi connectivity index (χ3v) is 6.86. The van der Waals surface area contributed by atoms with Gasteiger partial charge in [-0.1, -0.05) is 12.0 Å². The molecule has 1 aliphatic heterocycles. The number of allylic oxidation sites excluding steroid dienone is 1. The molecule has 0 spiro atoms. The topological polar surface area (TPSA) is 101 Å². The number of carbonyl (C=O) groups is 3. The number of rotatable bonds is 4. The van der Waals surface area contributed by atoms with Gasteiger partial charge < -0.3 is 19.8 Å². The summed E-state index contributed by atoms with van der Waals surface area (Å²) in [7, 11) is 0. The van der Waals surface area contributed by atoms with Crippen molar-refractivity contribution in [3.8, 4) is 0 Å². The Kier molecular flexibility index (Phi) is 7.43. The van der Waals surface area contributed by atoms with E-state index in [9.17, 15) is 14.4 Å². The summed E-state index contributed by atoms with van der Waals surface area (Å²) >= 11 is 0. The fraction of sp³-hybridized carbons (Fsp3) is 0.536. The summed E-state index contributed by atoms with van der Waals surface area (Å²) in [4.78, 5) is 43.7. The minimum Gasteiger partial charge on any atom is -0.461 e. The number of carbonyl (C=O) groups excluding carboxylic acids is 3. The van der Waals surface area contributed by atoms with Gasteiger partial charge in [0, 0.05) is 23.1 Å². The van der Waals surface area contributed by atoms with Gasteiger partial charge in [0.15, 0.2) is 0 Å². The van der Waals surface area contributed by atoms with Gasteiger partial charge in [-0.3, -0.25) is 9.69 Å². The Bertz CT molecular complexity index is 1200. The summed E-state index contributed by atoms with van der Waals surface area (Å²) in [5, 5.41) is 3.86. The van der Waals surface area contributed by atoms with Crippen LogP contribution in [0.15, 0.2) is 29.3 Å². The van der Waals surface area contributed by atoms with E-state index in [0.717, 1.165) is 47.7 Å². The lowest BCUT2D eigenvalue weighted by Crippen LogP contribution is -2.46. The fourth-order valence-corrected chi connectivity index (χ4v) is 5.20. The molecule has 4 rings (SSSR count). The molecule has 194 valence electrons. The van der Waals surface area contributed by atoms with Gasteiger partial charge in [0.25, 0.3) is 5.91 Å². The lowest BCUT2D eigenvalue weighted by Gasteiger charge is -2.29. The highest BCUT2D eigenvalue weighted by molar-refractivity contribution is 6.03. The van der Waals surface area contributed by atoms with E-state index < -0.39 is 23.7 Å². The number of nitrogens with zero attached hydrogens (tertiary/aromatic N) is 1. The number of benzene rings is 1. The number of H-pyrrole nitrogens is 1. The summed E-state index contributed by atoms with van der Waals surface area (Å²) in [5.41, 5.74) is 4.29. The SMILES string of the molecule is CCOC(=O)c1[nH]c2ccc(NC(=O)[C@@H]3C(=C4CCCCC4)CCN3C(=O)OC(C)(C)C)cc2c1C. The molecule has 2 N–H and O–H groups in total. The lowest BCUT2D eigenvalue weighted by molar-refractivity contribution is -0.119. The van der Waals surface area contributed by atoms with E-state index in [2.05, 4.69) is 10.3 Å². The Balaban J connectivity index is 1.63. The highest BCUT2D eigenvalue weighted by Gasteiger charge is 2.41. The first-order chi connectivity index (χ1) is 17.1. The molecule has 1 aliphatic carbocycles. The number of likely N-dealkylation sites (tertiary alicyclic amines) is 1. The normalized spacial score (nSPS) is 18.5. The Morgan fingerprint density at radius 2 is 1.83 bits per heavy atom. The summed E-state index contributed by atoms with van der Waals surface area (Å²) < 4.78 is 10.8. The Morgan fingerprint density at radius 1 is 1.11 bits per heavy atom. The van der Waals surface area contributed by atoms with Crippen LogP contribution in [0.5, 0.6) is 0 Å². The van der Waals surface area contributed by atoms with E-state index in [1.807, 2.05) is 39.8 Å². The molecule has 8 heteroatoms. The fourth-order valence-electron chi connectivity index (χ4n) is 5.20. The zero-order chi connectivity index (χ0) is 26.0. The predicted octanol–water partition coefficient (Wildman–Crippen LogP) is 5.86. The Labute approximate surface area is 212 Å². The summed E-state index contributed by atoms with van der Waals surface area (Å²) in [6.07, 6.45) is 5.61. The maximum absolute atomic E-state index is 13.7. The summed E-state index contributed by atoms with van der Waals surface area (Å²) in [6, 6.07) is 4.79. The summed E-state index contributed by atoms with van der Waals surface area (Å²) in [5.74, 6) is -0.649. The van der Waals surface area contributed by atoms with E-state index in [4.69, 9.17) is 9.47 Å². The Hall–Kier alpha value is -3.29. The van der Waals surface area contributed by atoms with Crippen molar-refractivity contribution in [1.29, 1.82) is 0 Å². The highest BCUT2D eigenvalue weighted by atomic mass is 16.6. The van der Waals surface area contributed by atoms with Crippen LogP contribution >= 0.6 is 0 Å². The van der Waals surface area contributed by atoms with Crippen LogP contribution in [-0.2, 0) is 14.3 Å². The van der Waals surface area contributed by atoms with Gasteiger partial charge in [0.05, 0.1) is 6.61 Å². The number of hydrogen-bond acceptors (Lipinski definition) is 5.